The number of carbonyl (C=O) groups is 1. The van der Waals surface area contributed by atoms with Gasteiger partial charge in [-0.2, -0.15) is 0 Å². The third-order valence-electron chi connectivity index (χ3n) is 3.13. The molecule has 1 atom stereocenters. The first-order chi connectivity index (χ1) is 8.79. The Morgan fingerprint density at radius 2 is 2.17 bits per heavy atom. The molecule has 0 saturated carbocycles. The standard InChI is InChI=1S/C14H19NO3/c15-9-12-5-2-1-4-11(12)8-14(16)18-10-13-6-3-7-17-13/h1-2,4-5,13H,3,6-10,15H2. The highest BCUT2D eigenvalue weighted by Gasteiger charge is 2.17. The molecule has 1 aromatic carbocycles. The molecular formula is C14H19NO3. The molecule has 0 radical (unpaired) electrons. The highest BCUT2D eigenvalue weighted by molar-refractivity contribution is 5.73. The maximum absolute atomic E-state index is 11.7. The molecule has 4 heteroatoms. The van der Waals surface area contributed by atoms with Gasteiger partial charge in [-0.15, -0.1) is 0 Å². The highest BCUT2D eigenvalue weighted by atomic mass is 16.6. The van der Waals surface area contributed by atoms with E-state index in [1.54, 1.807) is 0 Å². The lowest BCUT2D eigenvalue weighted by Gasteiger charge is -2.11. The maximum atomic E-state index is 11.7. The quantitative estimate of drug-likeness (QED) is 0.801. The summed E-state index contributed by atoms with van der Waals surface area (Å²) < 4.78 is 10.6. The van der Waals surface area contributed by atoms with E-state index in [2.05, 4.69) is 0 Å². The Labute approximate surface area is 107 Å². The summed E-state index contributed by atoms with van der Waals surface area (Å²) in [5.74, 6) is -0.216. The van der Waals surface area contributed by atoms with Gasteiger partial charge in [0.2, 0.25) is 0 Å². The van der Waals surface area contributed by atoms with Crippen molar-refractivity contribution in [2.24, 2.45) is 5.73 Å². The summed E-state index contributed by atoms with van der Waals surface area (Å²) >= 11 is 0. The second-order valence-corrected chi connectivity index (χ2v) is 4.47. The SMILES string of the molecule is NCc1ccccc1CC(=O)OCC1CCCO1. The van der Waals surface area contributed by atoms with Crippen LogP contribution >= 0.6 is 0 Å². The van der Waals surface area contributed by atoms with Crippen LogP contribution in [0.25, 0.3) is 0 Å². The van der Waals surface area contributed by atoms with E-state index in [1.807, 2.05) is 24.3 Å². The van der Waals surface area contributed by atoms with Crippen molar-refractivity contribution in [3.05, 3.63) is 35.4 Å². The fourth-order valence-corrected chi connectivity index (χ4v) is 2.10. The van der Waals surface area contributed by atoms with Gasteiger partial charge in [0.05, 0.1) is 12.5 Å². The van der Waals surface area contributed by atoms with Crippen LogP contribution in [0, 0.1) is 0 Å². The predicted octanol–water partition coefficient (Wildman–Crippen LogP) is 1.41. The number of hydrogen-bond donors (Lipinski definition) is 1. The molecule has 1 fully saturated rings. The molecule has 2 N–H and O–H groups in total. The van der Waals surface area contributed by atoms with Gasteiger partial charge in [-0.05, 0) is 24.0 Å². The van der Waals surface area contributed by atoms with Crippen molar-refractivity contribution < 1.29 is 14.3 Å². The second kappa shape index (κ2) is 6.52. The predicted molar refractivity (Wildman–Crippen MR) is 68.0 cm³/mol. The van der Waals surface area contributed by atoms with Crippen molar-refractivity contribution in [2.45, 2.75) is 31.9 Å². The second-order valence-electron chi connectivity index (χ2n) is 4.47. The summed E-state index contributed by atoms with van der Waals surface area (Å²) in [4.78, 5) is 11.7. The van der Waals surface area contributed by atoms with E-state index in [1.165, 1.54) is 0 Å². The number of ether oxygens (including phenoxy) is 2. The van der Waals surface area contributed by atoms with E-state index >= 15 is 0 Å². The van der Waals surface area contributed by atoms with Crippen molar-refractivity contribution in [1.82, 2.24) is 0 Å². The summed E-state index contributed by atoms with van der Waals surface area (Å²) in [5.41, 5.74) is 7.56. The molecule has 0 aliphatic carbocycles. The Morgan fingerprint density at radius 1 is 1.39 bits per heavy atom. The van der Waals surface area contributed by atoms with Crippen LogP contribution in [0.5, 0.6) is 0 Å². The number of hydrogen-bond acceptors (Lipinski definition) is 4. The normalized spacial score (nSPS) is 18.8. The molecule has 1 unspecified atom stereocenters. The summed E-state index contributed by atoms with van der Waals surface area (Å²) in [5, 5.41) is 0. The van der Waals surface area contributed by atoms with Crippen LogP contribution in [-0.4, -0.2) is 25.3 Å². The van der Waals surface area contributed by atoms with Gasteiger partial charge in [0.1, 0.15) is 6.61 Å². The van der Waals surface area contributed by atoms with Gasteiger partial charge in [-0.1, -0.05) is 24.3 Å². The van der Waals surface area contributed by atoms with E-state index in [4.69, 9.17) is 15.2 Å². The Balaban J connectivity index is 1.82. The van der Waals surface area contributed by atoms with Crippen LogP contribution in [0.15, 0.2) is 24.3 Å². The minimum Gasteiger partial charge on any atom is -0.463 e. The van der Waals surface area contributed by atoms with Gasteiger partial charge < -0.3 is 15.2 Å². The first-order valence-corrected chi connectivity index (χ1v) is 6.33. The zero-order chi connectivity index (χ0) is 12.8. The molecule has 1 saturated heterocycles. The molecule has 1 aromatic rings. The van der Waals surface area contributed by atoms with Gasteiger partial charge in [-0.25, -0.2) is 0 Å². The van der Waals surface area contributed by atoms with Crippen LogP contribution in [0.1, 0.15) is 24.0 Å². The number of esters is 1. The van der Waals surface area contributed by atoms with Gasteiger partial charge >= 0.3 is 5.97 Å². The van der Waals surface area contributed by atoms with Gasteiger partial charge in [-0.3, -0.25) is 4.79 Å². The molecule has 4 nitrogen and oxygen atoms in total. The number of rotatable bonds is 5. The topological polar surface area (TPSA) is 61.6 Å². The summed E-state index contributed by atoms with van der Waals surface area (Å²) in [6.07, 6.45) is 2.39. The van der Waals surface area contributed by atoms with Crippen LogP contribution in [0.4, 0.5) is 0 Å². The molecular weight excluding hydrogens is 230 g/mol. The van der Waals surface area contributed by atoms with E-state index in [-0.39, 0.29) is 18.5 Å². The fourth-order valence-electron chi connectivity index (χ4n) is 2.10. The number of nitrogens with two attached hydrogens (primary N) is 1. The molecule has 2 rings (SSSR count). The smallest absolute Gasteiger partial charge is 0.310 e. The van der Waals surface area contributed by atoms with Crippen molar-refractivity contribution in [3.8, 4) is 0 Å². The van der Waals surface area contributed by atoms with Crippen molar-refractivity contribution in [2.75, 3.05) is 13.2 Å². The Hall–Kier alpha value is -1.39. The van der Waals surface area contributed by atoms with Crippen molar-refractivity contribution >= 4 is 5.97 Å². The summed E-state index contributed by atoms with van der Waals surface area (Å²) in [6.45, 7) is 1.58. The molecule has 0 bridgehead atoms. The van der Waals surface area contributed by atoms with Gasteiger partial charge in [0.15, 0.2) is 0 Å². The first-order valence-electron chi connectivity index (χ1n) is 6.33. The van der Waals surface area contributed by atoms with Crippen molar-refractivity contribution in [3.63, 3.8) is 0 Å². The van der Waals surface area contributed by atoms with Crippen LogP contribution in [0.2, 0.25) is 0 Å². The molecule has 0 aromatic heterocycles. The molecule has 1 heterocycles. The molecule has 1 aliphatic heterocycles. The van der Waals surface area contributed by atoms with E-state index < -0.39 is 0 Å². The van der Waals surface area contributed by atoms with Crippen LogP contribution < -0.4 is 5.73 Å². The van der Waals surface area contributed by atoms with E-state index in [0.29, 0.717) is 13.2 Å². The molecule has 1 aliphatic rings. The Kier molecular flexibility index (Phi) is 4.73. The maximum Gasteiger partial charge on any atom is 0.310 e. The molecule has 18 heavy (non-hydrogen) atoms. The lowest BCUT2D eigenvalue weighted by atomic mass is 10.1. The largest absolute Gasteiger partial charge is 0.463 e. The zero-order valence-corrected chi connectivity index (χ0v) is 10.4. The zero-order valence-electron chi connectivity index (χ0n) is 10.4. The summed E-state index contributed by atoms with van der Waals surface area (Å²) in [7, 11) is 0. The molecule has 0 amide bonds. The Bertz CT molecular complexity index is 400. The average molecular weight is 249 g/mol. The minimum absolute atomic E-state index is 0.0821. The van der Waals surface area contributed by atoms with Crippen LogP contribution in [-0.2, 0) is 27.2 Å². The highest BCUT2D eigenvalue weighted by Crippen LogP contribution is 2.13. The first kappa shape index (κ1) is 13.1. The monoisotopic (exact) mass is 249 g/mol. The fraction of sp³-hybridized carbons (Fsp3) is 0.500. The molecule has 98 valence electrons. The third-order valence-corrected chi connectivity index (χ3v) is 3.13. The van der Waals surface area contributed by atoms with E-state index in [9.17, 15) is 4.79 Å². The summed E-state index contributed by atoms with van der Waals surface area (Å²) in [6, 6.07) is 7.67. The van der Waals surface area contributed by atoms with Crippen LogP contribution in [0.3, 0.4) is 0 Å². The van der Waals surface area contributed by atoms with Gasteiger partial charge in [0.25, 0.3) is 0 Å². The third kappa shape index (κ3) is 3.55. The lowest BCUT2D eigenvalue weighted by Crippen LogP contribution is -2.19. The van der Waals surface area contributed by atoms with E-state index in [0.717, 1.165) is 30.6 Å². The van der Waals surface area contributed by atoms with Gasteiger partial charge in [0, 0.05) is 13.2 Å². The lowest BCUT2D eigenvalue weighted by molar-refractivity contribution is -0.146. The van der Waals surface area contributed by atoms with Crippen molar-refractivity contribution in [1.29, 1.82) is 0 Å². The number of benzene rings is 1. The molecule has 0 spiro atoms. The average Bonchev–Trinajstić information content (AvgIpc) is 2.90. The Morgan fingerprint density at radius 3 is 2.83 bits per heavy atom. The minimum atomic E-state index is -0.216. The number of carbonyl (C=O) groups excluding carboxylic acids is 1.